The maximum Gasteiger partial charge on any atom is 0.407 e. The van der Waals surface area contributed by atoms with E-state index in [-0.39, 0.29) is 0 Å². The van der Waals surface area contributed by atoms with Crippen molar-refractivity contribution in [2.24, 2.45) is 17.8 Å². The number of amides is 1. The lowest BCUT2D eigenvalue weighted by Crippen LogP contribution is -2.38. The molecule has 1 saturated carbocycles. The van der Waals surface area contributed by atoms with Crippen LogP contribution in [0.2, 0.25) is 0 Å². The maximum atomic E-state index is 11.2. The summed E-state index contributed by atoms with van der Waals surface area (Å²) >= 11 is 0. The first-order chi connectivity index (χ1) is 11.1. The Hall–Kier alpha value is -2.31. The van der Waals surface area contributed by atoms with Gasteiger partial charge in [0.2, 0.25) is 0 Å². The van der Waals surface area contributed by atoms with Crippen LogP contribution in [-0.2, 0) is 0 Å². The molecule has 4 atom stereocenters. The summed E-state index contributed by atoms with van der Waals surface area (Å²) in [7, 11) is 2.09. The number of hydrogen-bond acceptors (Lipinski definition) is 4. The van der Waals surface area contributed by atoms with Gasteiger partial charge in [0.25, 0.3) is 0 Å². The maximum absolute atomic E-state index is 11.2. The lowest BCUT2D eigenvalue weighted by molar-refractivity contribution is 0.150. The monoisotopic (exact) mass is 315 g/mol. The smallest absolute Gasteiger partial charge is 0.407 e. The summed E-state index contributed by atoms with van der Waals surface area (Å²) in [6.07, 6.45) is 3.70. The second kappa shape index (κ2) is 5.11. The average molecular weight is 315 g/mol. The van der Waals surface area contributed by atoms with Crippen LogP contribution in [0, 0.1) is 17.8 Å². The Bertz CT molecular complexity index is 745. The fourth-order valence-corrected chi connectivity index (χ4v) is 4.52. The van der Waals surface area contributed by atoms with Crippen LogP contribution in [0.25, 0.3) is 11.0 Å². The number of aromatic amines is 1. The third-order valence-electron chi connectivity index (χ3n) is 5.75. The largest absolute Gasteiger partial charge is 0.465 e. The van der Waals surface area contributed by atoms with Crippen LogP contribution in [0.4, 0.5) is 10.6 Å². The summed E-state index contributed by atoms with van der Waals surface area (Å²) in [6, 6.07) is 2.39. The van der Waals surface area contributed by atoms with Crippen LogP contribution in [0.5, 0.6) is 0 Å². The molecule has 23 heavy (non-hydrogen) atoms. The molecule has 2 aliphatic rings. The Kier molecular flexibility index (Phi) is 3.18. The molecule has 1 aliphatic heterocycles. The molecular formula is C16H21N5O2. The van der Waals surface area contributed by atoms with Gasteiger partial charge in [0.1, 0.15) is 17.8 Å². The third kappa shape index (κ3) is 2.14. The van der Waals surface area contributed by atoms with Gasteiger partial charge in [-0.15, -0.1) is 0 Å². The molecule has 1 amide bonds. The molecule has 0 spiro atoms. The number of rotatable bonds is 2. The zero-order valence-electron chi connectivity index (χ0n) is 13.3. The van der Waals surface area contributed by atoms with Gasteiger partial charge in [-0.3, -0.25) is 0 Å². The highest BCUT2D eigenvalue weighted by Crippen LogP contribution is 2.45. The molecule has 4 unspecified atom stereocenters. The zero-order chi connectivity index (χ0) is 16.1. The van der Waals surface area contributed by atoms with Crippen molar-refractivity contribution in [1.82, 2.24) is 19.9 Å². The van der Waals surface area contributed by atoms with Gasteiger partial charge < -0.3 is 19.9 Å². The predicted molar refractivity (Wildman–Crippen MR) is 86.4 cm³/mol. The van der Waals surface area contributed by atoms with Gasteiger partial charge in [-0.2, -0.15) is 0 Å². The van der Waals surface area contributed by atoms with E-state index < -0.39 is 6.09 Å². The van der Waals surface area contributed by atoms with E-state index >= 15 is 0 Å². The van der Waals surface area contributed by atoms with Crippen LogP contribution in [-0.4, -0.2) is 57.2 Å². The van der Waals surface area contributed by atoms with E-state index in [4.69, 9.17) is 0 Å². The summed E-state index contributed by atoms with van der Waals surface area (Å²) in [6.45, 7) is 3.57. The lowest BCUT2D eigenvalue weighted by Gasteiger charge is -2.31. The van der Waals surface area contributed by atoms with Gasteiger partial charge in [0, 0.05) is 32.4 Å². The third-order valence-corrected chi connectivity index (χ3v) is 5.75. The number of aromatic nitrogens is 3. The van der Waals surface area contributed by atoms with Crippen LogP contribution >= 0.6 is 0 Å². The standard InChI is InChI=1S/C16H21N5O2/c1-9-12-7-21(16(22)23)6-10(12)5-13(9)20(2)15-11-3-4-17-14(11)18-8-19-15/h3-4,8-10,12-13H,5-7H2,1-2H3,(H,22,23)(H,17,18,19). The molecule has 0 radical (unpaired) electrons. The van der Waals surface area contributed by atoms with Crippen molar-refractivity contribution in [2.45, 2.75) is 19.4 Å². The fourth-order valence-electron chi connectivity index (χ4n) is 4.52. The Balaban J connectivity index is 1.58. The molecular weight excluding hydrogens is 294 g/mol. The number of nitrogens with one attached hydrogen (secondary N) is 1. The zero-order valence-corrected chi connectivity index (χ0v) is 13.3. The second-order valence-corrected chi connectivity index (χ2v) is 6.82. The first-order valence-corrected chi connectivity index (χ1v) is 8.05. The van der Waals surface area contributed by atoms with Gasteiger partial charge in [-0.05, 0) is 30.2 Å². The summed E-state index contributed by atoms with van der Waals surface area (Å²) in [5.41, 5.74) is 0.852. The quantitative estimate of drug-likeness (QED) is 0.885. The second-order valence-electron chi connectivity index (χ2n) is 6.82. The molecule has 3 heterocycles. The Morgan fingerprint density at radius 3 is 3.00 bits per heavy atom. The number of H-pyrrole nitrogens is 1. The summed E-state index contributed by atoms with van der Waals surface area (Å²) < 4.78 is 0. The van der Waals surface area contributed by atoms with Crippen LogP contribution < -0.4 is 4.90 Å². The van der Waals surface area contributed by atoms with E-state index in [9.17, 15) is 9.90 Å². The molecule has 2 aromatic heterocycles. The van der Waals surface area contributed by atoms with Gasteiger partial charge >= 0.3 is 6.09 Å². The number of hydrogen-bond donors (Lipinski definition) is 2. The molecule has 7 nitrogen and oxygen atoms in total. The molecule has 0 bridgehead atoms. The number of fused-ring (bicyclic) bond motifs is 2. The minimum Gasteiger partial charge on any atom is -0.465 e. The highest BCUT2D eigenvalue weighted by Gasteiger charge is 2.48. The Morgan fingerprint density at radius 1 is 1.43 bits per heavy atom. The number of nitrogens with zero attached hydrogens (tertiary/aromatic N) is 4. The molecule has 1 saturated heterocycles. The summed E-state index contributed by atoms with van der Waals surface area (Å²) in [4.78, 5) is 26.9. The fraction of sp³-hybridized carbons (Fsp3) is 0.562. The molecule has 4 rings (SSSR count). The van der Waals surface area contributed by atoms with Crippen molar-refractivity contribution in [3.63, 3.8) is 0 Å². The summed E-state index contributed by atoms with van der Waals surface area (Å²) in [5.74, 6) is 2.29. The molecule has 2 aromatic rings. The number of anilines is 1. The van der Waals surface area contributed by atoms with Gasteiger partial charge in [-0.1, -0.05) is 6.92 Å². The van der Waals surface area contributed by atoms with Crippen molar-refractivity contribution in [3.05, 3.63) is 18.6 Å². The number of carboxylic acid groups (broad SMARTS) is 1. The Morgan fingerprint density at radius 2 is 2.26 bits per heavy atom. The molecule has 122 valence electrons. The topological polar surface area (TPSA) is 85.3 Å². The number of carbonyl (C=O) groups is 1. The van der Waals surface area contributed by atoms with Crippen molar-refractivity contribution in [1.29, 1.82) is 0 Å². The highest BCUT2D eigenvalue weighted by atomic mass is 16.4. The average Bonchev–Trinajstić information content (AvgIpc) is 3.22. The Labute approximate surface area is 134 Å². The van der Waals surface area contributed by atoms with Crippen molar-refractivity contribution in [3.8, 4) is 0 Å². The molecule has 2 N–H and O–H groups in total. The SMILES string of the molecule is CC1C2CN(C(=O)O)CC2CC1N(C)c1ncnc2[nH]ccc12. The first kappa shape index (κ1) is 14.3. The van der Waals surface area contributed by atoms with Crippen molar-refractivity contribution >= 4 is 22.9 Å². The van der Waals surface area contributed by atoms with E-state index in [0.717, 1.165) is 23.3 Å². The molecule has 7 heteroatoms. The number of likely N-dealkylation sites (tertiary alicyclic amines) is 1. The van der Waals surface area contributed by atoms with Crippen LogP contribution in [0.3, 0.4) is 0 Å². The van der Waals surface area contributed by atoms with Crippen LogP contribution in [0.15, 0.2) is 18.6 Å². The van der Waals surface area contributed by atoms with E-state index in [1.54, 1.807) is 11.2 Å². The summed E-state index contributed by atoms with van der Waals surface area (Å²) in [5, 5.41) is 10.2. The van der Waals surface area contributed by atoms with E-state index in [1.165, 1.54) is 0 Å². The van der Waals surface area contributed by atoms with Gasteiger partial charge in [-0.25, -0.2) is 14.8 Å². The van der Waals surface area contributed by atoms with Gasteiger partial charge in [0.05, 0.1) is 5.39 Å². The van der Waals surface area contributed by atoms with E-state index in [1.807, 2.05) is 12.3 Å². The minimum atomic E-state index is -0.790. The minimum absolute atomic E-state index is 0.383. The van der Waals surface area contributed by atoms with Gasteiger partial charge in [0.15, 0.2) is 0 Å². The van der Waals surface area contributed by atoms with Crippen LogP contribution in [0.1, 0.15) is 13.3 Å². The molecule has 0 aromatic carbocycles. The lowest BCUT2D eigenvalue weighted by atomic mass is 9.93. The normalized spacial score (nSPS) is 29.9. The highest BCUT2D eigenvalue weighted by molar-refractivity contribution is 5.87. The van der Waals surface area contributed by atoms with E-state index in [0.29, 0.717) is 36.9 Å². The van der Waals surface area contributed by atoms with Crippen molar-refractivity contribution < 1.29 is 9.90 Å². The molecule has 2 fully saturated rings. The van der Waals surface area contributed by atoms with Crippen molar-refractivity contribution in [2.75, 3.05) is 25.0 Å². The predicted octanol–water partition coefficient (Wildman–Crippen LogP) is 2.03. The first-order valence-electron chi connectivity index (χ1n) is 8.05. The van der Waals surface area contributed by atoms with E-state index in [2.05, 4.69) is 33.8 Å². The molecule has 1 aliphatic carbocycles.